The molecule has 1 aromatic heterocycles. The smallest absolute Gasteiger partial charge is 0.313 e. The lowest BCUT2D eigenvalue weighted by atomic mass is 10.0. The lowest BCUT2D eigenvalue weighted by Crippen LogP contribution is -2.54. The van der Waals surface area contributed by atoms with Crippen LogP contribution in [0, 0.1) is 0 Å². The highest BCUT2D eigenvalue weighted by molar-refractivity contribution is 7.99. The van der Waals surface area contributed by atoms with Crippen LogP contribution in [0.5, 0.6) is 0 Å². The second-order valence-corrected chi connectivity index (χ2v) is 7.03. The van der Waals surface area contributed by atoms with Gasteiger partial charge in [-0.25, -0.2) is 0 Å². The molecule has 1 saturated carbocycles. The number of hydrogen-bond donors (Lipinski definition) is 1. The summed E-state index contributed by atoms with van der Waals surface area (Å²) in [4.78, 5) is 13.0. The molecule has 21 heavy (non-hydrogen) atoms. The molecule has 1 aliphatic heterocycles. The van der Waals surface area contributed by atoms with E-state index < -0.39 is 5.97 Å². The van der Waals surface area contributed by atoms with Gasteiger partial charge in [0.1, 0.15) is 0 Å². The van der Waals surface area contributed by atoms with E-state index in [1.807, 2.05) is 0 Å². The first kappa shape index (κ1) is 14.6. The summed E-state index contributed by atoms with van der Waals surface area (Å²) in [5, 5.41) is 18.1. The van der Waals surface area contributed by atoms with Crippen LogP contribution in [0.2, 0.25) is 0 Å². The predicted molar refractivity (Wildman–Crippen MR) is 78.9 cm³/mol. The topological polar surface area (TPSA) is 80.5 Å². The van der Waals surface area contributed by atoms with E-state index in [0.717, 1.165) is 25.3 Å². The van der Waals surface area contributed by atoms with Crippen molar-refractivity contribution in [1.29, 1.82) is 0 Å². The maximum atomic E-state index is 10.8. The van der Waals surface area contributed by atoms with E-state index in [4.69, 9.17) is 9.84 Å². The number of hydrogen-bond acceptors (Lipinski definition) is 6. The number of morpholine rings is 1. The molecule has 0 bridgehead atoms. The summed E-state index contributed by atoms with van der Waals surface area (Å²) in [5.41, 5.74) is -0.132. The Morgan fingerprint density at radius 1 is 1.48 bits per heavy atom. The Kier molecular flexibility index (Phi) is 3.83. The summed E-state index contributed by atoms with van der Waals surface area (Å²) < 4.78 is 7.67. The zero-order valence-electron chi connectivity index (χ0n) is 12.3. The Bertz CT molecular complexity index is 542. The Labute approximate surface area is 127 Å². The predicted octanol–water partition coefficient (Wildman–Crippen LogP) is 1.40. The lowest BCUT2D eigenvalue weighted by Gasteiger charge is -2.42. The van der Waals surface area contributed by atoms with Crippen LogP contribution in [-0.2, 0) is 9.53 Å². The molecular weight excluding hydrogens is 292 g/mol. The van der Waals surface area contributed by atoms with Crippen LogP contribution >= 0.6 is 11.8 Å². The first-order valence-electron chi connectivity index (χ1n) is 7.14. The van der Waals surface area contributed by atoms with Gasteiger partial charge in [0, 0.05) is 12.6 Å². The third-order valence-corrected chi connectivity index (χ3v) is 4.70. The maximum Gasteiger partial charge on any atom is 0.313 e. The van der Waals surface area contributed by atoms with Crippen molar-refractivity contribution in [3.05, 3.63) is 0 Å². The second kappa shape index (κ2) is 5.49. The van der Waals surface area contributed by atoms with Gasteiger partial charge < -0.3 is 14.7 Å². The highest BCUT2D eigenvalue weighted by atomic mass is 32.2. The monoisotopic (exact) mass is 312 g/mol. The van der Waals surface area contributed by atoms with Crippen LogP contribution in [0.3, 0.4) is 0 Å². The molecule has 0 spiro atoms. The van der Waals surface area contributed by atoms with Crippen LogP contribution in [0.1, 0.15) is 32.7 Å². The number of aliphatic carboxylic acids is 1. The second-order valence-electron chi connectivity index (χ2n) is 6.08. The van der Waals surface area contributed by atoms with Crippen molar-refractivity contribution in [2.75, 3.05) is 30.4 Å². The molecule has 2 fully saturated rings. The van der Waals surface area contributed by atoms with Crippen LogP contribution in [0.4, 0.5) is 5.95 Å². The van der Waals surface area contributed by atoms with Gasteiger partial charge >= 0.3 is 5.97 Å². The van der Waals surface area contributed by atoms with E-state index in [2.05, 4.69) is 33.5 Å². The molecule has 2 heterocycles. The largest absolute Gasteiger partial charge is 0.481 e. The van der Waals surface area contributed by atoms with Gasteiger partial charge in [0.05, 0.1) is 24.5 Å². The zero-order chi connectivity index (χ0) is 15.0. The first-order chi connectivity index (χ1) is 9.99. The SMILES string of the molecule is CC1(C)COCCN1c1nnc(SCC(=O)O)n1C1CC1. The Morgan fingerprint density at radius 2 is 2.24 bits per heavy atom. The quantitative estimate of drug-likeness (QED) is 0.823. The number of thioether (sulfide) groups is 1. The average Bonchev–Trinajstić information content (AvgIpc) is 3.17. The molecule has 3 rings (SSSR count). The molecule has 0 atom stereocenters. The minimum absolute atomic E-state index is 0.0113. The molecule has 1 N–H and O–H groups in total. The molecule has 116 valence electrons. The van der Waals surface area contributed by atoms with Crippen molar-refractivity contribution in [2.45, 2.75) is 43.4 Å². The van der Waals surface area contributed by atoms with E-state index in [1.165, 1.54) is 11.8 Å². The number of carbonyl (C=O) groups is 1. The van der Waals surface area contributed by atoms with Gasteiger partial charge in [-0.3, -0.25) is 9.36 Å². The van der Waals surface area contributed by atoms with E-state index in [-0.39, 0.29) is 11.3 Å². The highest BCUT2D eigenvalue weighted by Crippen LogP contribution is 2.42. The number of anilines is 1. The average molecular weight is 312 g/mol. The molecule has 1 aromatic rings. The molecule has 0 aromatic carbocycles. The van der Waals surface area contributed by atoms with Gasteiger partial charge in [-0.15, -0.1) is 10.2 Å². The number of rotatable bonds is 5. The summed E-state index contributed by atoms with van der Waals surface area (Å²) in [6.07, 6.45) is 2.22. The van der Waals surface area contributed by atoms with Crippen molar-refractivity contribution in [3.63, 3.8) is 0 Å². The van der Waals surface area contributed by atoms with Gasteiger partial charge in [0.25, 0.3) is 0 Å². The fourth-order valence-electron chi connectivity index (χ4n) is 2.56. The molecule has 0 radical (unpaired) electrons. The lowest BCUT2D eigenvalue weighted by molar-refractivity contribution is -0.133. The molecule has 1 saturated heterocycles. The molecule has 7 nitrogen and oxygen atoms in total. The van der Waals surface area contributed by atoms with Crippen LogP contribution in [0.25, 0.3) is 0 Å². The molecular formula is C13H20N4O3S. The van der Waals surface area contributed by atoms with Crippen molar-refractivity contribution in [1.82, 2.24) is 14.8 Å². The van der Waals surface area contributed by atoms with Crippen molar-refractivity contribution >= 4 is 23.7 Å². The summed E-state index contributed by atoms with van der Waals surface area (Å²) in [6, 6.07) is 0.407. The number of carboxylic acid groups (broad SMARTS) is 1. The molecule has 8 heteroatoms. The maximum absolute atomic E-state index is 10.8. The number of ether oxygens (including phenoxy) is 1. The standard InChI is InChI=1S/C13H20N4O3S/c1-13(2)8-20-6-5-16(13)11-14-15-12(21-7-10(18)19)17(11)9-3-4-9/h9H,3-8H2,1-2H3,(H,18,19). The summed E-state index contributed by atoms with van der Waals surface area (Å²) in [5.74, 6) is 0.0226. The van der Waals surface area contributed by atoms with E-state index >= 15 is 0 Å². The Balaban J connectivity index is 1.89. The van der Waals surface area contributed by atoms with Crippen molar-refractivity contribution in [3.8, 4) is 0 Å². The Morgan fingerprint density at radius 3 is 2.86 bits per heavy atom. The van der Waals surface area contributed by atoms with Gasteiger partial charge in [-0.05, 0) is 26.7 Å². The number of nitrogens with zero attached hydrogens (tertiary/aromatic N) is 4. The fraction of sp³-hybridized carbons (Fsp3) is 0.769. The van der Waals surface area contributed by atoms with Gasteiger partial charge in [-0.2, -0.15) is 0 Å². The third-order valence-electron chi connectivity index (χ3n) is 3.77. The van der Waals surface area contributed by atoms with Gasteiger partial charge in [0.2, 0.25) is 5.95 Å². The van der Waals surface area contributed by atoms with E-state index in [1.54, 1.807) is 0 Å². The molecule has 2 aliphatic rings. The third kappa shape index (κ3) is 3.01. The summed E-state index contributed by atoms with van der Waals surface area (Å²) in [7, 11) is 0. The van der Waals surface area contributed by atoms with Crippen molar-refractivity contribution in [2.24, 2.45) is 0 Å². The molecule has 0 unspecified atom stereocenters. The minimum Gasteiger partial charge on any atom is -0.481 e. The zero-order valence-corrected chi connectivity index (χ0v) is 13.1. The number of carboxylic acids is 1. The van der Waals surface area contributed by atoms with Crippen molar-refractivity contribution < 1.29 is 14.6 Å². The highest BCUT2D eigenvalue weighted by Gasteiger charge is 2.38. The molecule has 1 aliphatic carbocycles. The first-order valence-corrected chi connectivity index (χ1v) is 8.12. The van der Waals surface area contributed by atoms with Gasteiger partial charge in [0.15, 0.2) is 5.16 Å². The fourth-order valence-corrected chi connectivity index (χ4v) is 3.28. The summed E-state index contributed by atoms with van der Waals surface area (Å²) in [6.45, 7) is 6.37. The molecule has 0 amide bonds. The minimum atomic E-state index is -0.835. The van der Waals surface area contributed by atoms with E-state index in [0.29, 0.717) is 24.4 Å². The normalized spacial score (nSPS) is 21.5. The van der Waals surface area contributed by atoms with Crippen LogP contribution in [-0.4, -0.2) is 56.9 Å². The summed E-state index contributed by atoms with van der Waals surface area (Å²) >= 11 is 1.24. The van der Waals surface area contributed by atoms with Crippen LogP contribution in [0.15, 0.2) is 5.16 Å². The Hall–Kier alpha value is -1.28. The number of aromatic nitrogens is 3. The van der Waals surface area contributed by atoms with Gasteiger partial charge in [-0.1, -0.05) is 11.8 Å². The van der Waals surface area contributed by atoms with Crippen LogP contribution < -0.4 is 4.90 Å². The van der Waals surface area contributed by atoms with E-state index in [9.17, 15) is 4.79 Å².